The molecule has 1 unspecified atom stereocenters. The lowest BCUT2D eigenvalue weighted by atomic mass is 10.1. The first-order valence-corrected chi connectivity index (χ1v) is 3.94. The van der Waals surface area contributed by atoms with Crippen molar-refractivity contribution in [2.24, 2.45) is 0 Å². The Morgan fingerprint density at radius 3 is 2.82 bits per heavy atom. The quantitative estimate of drug-likeness (QED) is 0.634. The maximum absolute atomic E-state index is 3.31. The van der Waals surface area contributed by atoms with Crippen molar-refractivity contribution in [2.75, 3.05) is 20.6 Å². The maximum Gasteiger partial charge on any atom is 0.0595 e. The van der Waals surface area contributed by atoms with E-state index in [1.54, 1.807) is 0 Å². The SMILES string of the molecule is CC1=CC=CNC1CN(C)C. The van der Waals surface area contributed by atoms with Crippen LogP contribution in [-0.2, 0) is 0 Å². The molecule has 0 aromatic carbocycles. The van der Waals surface area contributed by atoms with Crippen LogP contribution in [0.5, 0.6) is 0 Å². The van der Waals surface area contributed by atoms with Crippen LogP contribution >= 0.6 is 0 Å². The number of likely N-dealkylation sites (N-methyl/N-ethyl adjacent to an activating group) is 1. The highest BCUT2D eigenvalue weighted by Gasteiger charge is 2.10. The fourth-order valence-corrected chi connectivity index (χ4v) is 1.18. The summed E-state index contributed by atoms with van der Waals surface area (Å²) in [6.07, 6.45) is 6.20. The molecule has 0 aromatic heterocycles. The summed E-state index contributed by atoms with van der Waals surface area (Å²) in [5.41, 5.74) is 1.40. The molecule has 62 valence electrons. The van der Waals surface area contributed by atoms with Gasteiger partial charge in [0, 0.05) is 6.54 Å². The fourth-order valence-electron chi connectivity index (χ4n) is 1.18. The molecule has 1 aliphatic heterocycles. The number of hydrogen-bond acceptors (Lipinski definition) is 2. The van der Waals surface area contributed by atoms with E-state index in [2.05, 4.69) is 37.3 Å². The smallest absolute Gasteiger partial charge is 0.0595 e. The van der Waals surface area contributed by atoms with E-state index >= 15 is 0 Å². The molecular weight excluding hydrogens is 136 g/mol. The third kappa shape index (κ3) is 2.39. The van der Waals surface area contributed by atoms with Gasteiger partial charge in [-0.05, 0) is 38.9 Å². The number of nitrogens with zero attached hydrogens (tertiary/aromatic N) is 1. The van der Waals surface area contributed by atoms with Crippen LogP contribution in [-0.4, -0.2) is 31.6 Å². The minimum absolute atomic E-state index is 0.495. The second-order valence-electron chi connectivity index (χ2n) is 3.25. The van der Waals surface area contributed by atoms with Crippen LogP contribution in [0.2, 0.25) is 0 Å². The highest BCUT2D eigenvalue weighted by atomic mass is 15.1. The zero-order chi connectivity index (χ0) is 8.27. The molecule has 0 aliphatic carbocycles. The van der Waals surface area contributed by atoms with Crippen LogP contribution in [0.1, 0.15) is 6.92 Å². The molecule has 1 heterocycles. The highest BCUT2D eigenvalue weighted by Crippen LogP contribution is 2.06. The van der Waals surface area contributed by atoms with Gasteiger partial charge < -0.3 is 10.2 Å². The van der Waals surface area contributed by atoms with E-state index in [-0.39, 0.29) is 0 Å². The van der Waals surface area contributed by atoms with E-state index in [9.17, 15) is 0 Å². The summed E-state index contributed by atoms with van der Waals surface area (Å²) < 4.78 is 0. The topological polar surface area (TPSA) is 15.3 Å². The van der Waals surface area contributed by atoms with Gasteiger partial charge in [0.15, 0.2) is 0 Å². The maximum atomic E-state index is 3.31. The molecule has 2 nitrogen and oxygen atoms in total. The third-order valence-corrected chi connectivity index (χ3v) is 1.85. The van der Waals surface area contributed by atoms with Gasteiger partial charge in [-0.25, -0.2) is 0 Å². The summed E-state index contributed by atoms with van der Waals surface area (Å²) in [4.78, 5) is 2.19. The average molecular weight is 152 g/mol. The molecule has 0 radical (unpaired) electrons. The lowest BCUT2D eigenvalue weighted by Gasteiger charge is -2.24. The number of allylic oxidation sites excluding steroid dienone is 2. The van der Waals surface area contributed by atoms with E-state index in [1.807, 2.05) is 12.3 Å². The van der Waals surface area contributed by atoms with Crippen molar-refractivity contribution in [3.05, 3.63) is 23.9 Å². The molecule has 1 atom stereocenters. The van der Waals surface area contributed by atoms with Crippen molar-refractivity contribution in [1.29, 1.82) is 0 Å². The summed E-state index contributed by atoms with van der Waals surface area (Å²) >= 11 is 0. The first-order chi connectivity index (χ1) is 5.20. The Morgan fingerprint density at radius 2 is 2.27 bits per heavy atom. The largest absolute Gasteiger partial charge is 0.383 e. The molecule has 1 aliphatic rings. The average Bonchev–Trinajstić information content (AvgIpc) is 1.93. The number of dihydropyridines is 1. The van der Waals surface area contributed by atoms with Crippen LogP contribution < -0.4 is 5.32 Å². The van der Waals surface area contributed by atoms with Crippen LogP contribution in [0.25, 0.3) is 0 Å². The van der Waals surface area contributed by atoms with Gasteiger partial charge in [0.25, 0.3) is 0 Å². The molecule has 0 saturated heterocycles. The first kappa shape index (κ1) is 8.34. The Bertz CT molecular complexity index is 180. The Labute approximate surface area is 68.6 Å². The molecule has 0 amide bonds. The van der Waals surface area contributed by atoms with Gasteiger partial charge in [0.2, 0.25) is 0 Å². The standard InChI is InChI=1S/C9H16N2/c1-8-5-4-6-10-9(8)7-11(2)3/h4-6,9-10H,7H2,1-3H3. The number of rotatable bonds is 2. The lowest BCUT2D eigenvalue weighted by molar-refractivity contribution is 0.372. The molecule has 1 N–H and O–H groups in total. The van der Waals surface area contributed by atoms with Gasteiger partial charge in [-0.2, -0.15) is 0 Å². The van der Waals surface area contributed by atoms with E-state index in [0.717, 1.165) is 6.54 Å². The summed E-state index contributed by atoms with van der Waals surface area (Å²) in [5.74, 6) is 0. The van der Waals surface area contributed by atoms with Crippen molar-refractivity contribution in [2.45, 2.75) is 13.0 Å². The van der Waals surface area contributed by atoms with Gasteiger partial charge in [0.05, 0.1) is 6.04 Å². The summed E-state index contributed by atoms with van der Waals surface area (Å²) in [7, 11) is 4.18. The number of hydrogen-bond donors (Lipinski definition) is 1. The van der Waals surface area contributed by atoms with Crippen LogP contribution in [0, 0.1) is 0 Å². The second kappa shape index (κ2) is 3.58. The van der Waals surface area contributed by atoms with Crippen molar-refractivity contribution in [3.63, 3.8) is 0 Å². The predicted octanol–water partition coefficient (Wildman–Crippen LogP) is 0.980. The molecular formula is C9H16N2. The minimum Gasteiger partial charge on any atom is -0.383 e. The van der Waals surface area contributed by atoms with Crippen molar-refractivity contribution in [1.82, 2.24) is 10.2 Å². The molecule has 1 rings (SSSR count). The summed E-state index contributed by atoms with van der Waals surface area (Å²) in [6, 6.07) is 0.495. The monoisotopic (exact) mass is 152 g/mol. The van der Waals surface area contributed by atoms with Gasteiger partial charge in [-0.1, -0.05) is 6.08 Å². The molecule has 0 fully saturated rings. The second-order valence-corrected chi connectivity index (χ2v) is 3.25. The Balaban J connectivity index is 2.47. The van der Waals surface area contributed by atoms with Crippen LogP contribution in [0.4, 0.5) is 0 Å². The van der Waals surface area contributed by atoms with Gasteiger partial charge in [-0.3, -0.25) is 0 Å². The summed E-state index contributed by atoms with van der Waals surface area (Å²) in [5, 5.41) is 3.31. The zero-order valence-electron chi connectivity index (χ0n) is 7.46. The molecule has 11 heavy (non-hydrogen) atoms. The Hall–Kier alpha value is -0.760. The molecule has 0 spiro atoms. The van der Waals surface area contributed by atoms with Gasteiger partial charge >= 0.3 is 0 Å². The Morgan fingerprint density at radius 1 is 1.55 bits per heavy atom. The van der Waals surface area contributed by atoms with E-state index < -0.39 is 0 Å². The normalized spacial score (nSPS) is 23.3. The molecule has 0 saturated carbocycles. The van der Waals surface area contributed by atoms with Crippen LogP contribution in [0.3, 0.4) is 0 Å². The van der Waals surface area contributed by atoms with Gasteiger partial charge in [-0.15, -0.1) is 0 Å². The van der Waals surface area contributed by atoms with Crippen molar-refractivity contribution in [3.8, 4) is 0 Å². The molecule has 0 aromatic rings. The third-order valence-electron chi connectivity index (χ3n) is 1.85. The first-order valence-electron chi connectivity index (χ1n) is 3.94. The van der Waals surface area contributed by atoms with Gasteiger partial charge in [0.1, 0.15) is 0 Å². The predicted molar refractivity (Wildman–Crippen MR) is 48.4 cm³/mol. The summed E-state index contributed by atoms with van der Waals surface area (Å²) in [6.45, 7) is 3.22. The lowest BCUT2D eigenvalue weighted by Crippen LogP contribution is -2.37. The van der Waals surface area contributed by atoms with E-state index in [4.69, 9.17) is 0 Å². The van der Waals surface area contributed by atoms with E-state index in [0.29, 0.717) is 6.04 Å². The zero-order valence-corrected chi connectivity index (χ0v) is 7.46. The molecule has 0 bridgehead atoms. The number of nitrogens with one attached hydrogen (secondary N) is 1. The van der Waals surface area contributed by atoms with Crippen molar-refractivity contribution < 1.29 is 0 Å². The molecule has 2 heteroatoms. The fraction of sp³-hybridized carbons (Fsp3) is 0.556. The van der Waals surface area contributed by atoms with Crippen LogP contribution in [0.15, 0.2) is 23.9 Å². The Kier molecular flexibility index (Phi) is 2.71. The van der Waals surface area contributed by atoms with Crippen molar-refractivity contribution >= 4 is 0 Å². The highest BCUT2D eigenvalue weighted by molar-refractivity contribution is 5.21. The minimum atomic E-state index is 0.495. The van der Waals surface area contributed by atoms with E-state index in [1.165, 1.54) is 5.57 Å².